The predicted octanol–water partition coefficient (Wildman–Crippen LogP) is 5.16. The van der Waals surface area contributed by atoms with Crippen LogP contribution >= 0.6 is 0 Å². The van der Waals surface area contributed by atoms with Crippen LogP contribution in [0.15, 0.2) is 83.8 Å². The Bertz CT molecular complexity index is 1360. The van der Waals surface area contributed by atoms with Crippen molar-refractivity contribution in [3.05, 3.63) is 95.8 Å². The quantitative estimate of drug-likeness (QED) is 0.309. The molecule has 7 nitrogen and oxygen atoms in total. The Morgan fingerprint density at radius 1 is 0.875 bits per heavy atom. The Balaban J connectivity index is 2.03. The first-order valence-corrected chi connectivity index (χ1v) is 15.0. The maximum Gasteiger partial charge on any atom is 0.264 e. The van der Waals surface area contributed by atoms with E-state index in [0.29, 0.717) is 24.2 Å². The second kappa shape index (κ2) is 14.1. The monoisotopic (exact) mass is 567 g/mol. The molecule has 0 aromatic heterocycles. The number of nitrogens with one attached hydrogen (secondary N) is 1. The number of hydrogen-bond donors (Lipinski definition) is 1. The van der Waals surface area contributed by atoms with Gasteiger partial charge in [0.05, 0.1) is 10.6 Å². The molecule has 9 heteroatoms. The summed E-state index contributed by atoms with van der Waals surface area (Å²) >= 11 is 0. The molecule has 0 aliphatic rings. The van der Waals surface area contributed by atoms with Gasteiger partial charge in [-0.15, -0.1) is 0 Å². The topological polar surface area (TPSA) is 86.8 Å². The minimum absolute atomic E-state index is 0.0146. The summed E-state index contributed by atoms with van der Waals surface area (Å²) in [6.07, 6.45) is 1.09. The van der Waals surface area contributed by atoms with Gasteiger partial charge in [0, 0.05) is 13.1 Å². The Kier molecular flexibility index (Phi) is 10.8. The molecule has 0 radical (unpaired) electrons. The number of sulfonamides is 1. The fraction of sp³-hybridized carbons (Fsp3) is 0.355. The summed E-state index contributed by atoms with van der Waals surface area (Å²) < 4.78 is 42.3. The van der Waals surface area contributed by atoms with E-state index < -0.39 is 34.3 Å². The van der Waals surface area contributed by atoms with Crippen molar-refractivity contribution in [2.45, 2.75) is 58.0 Å². The Morgan fingerprint density at radius 2 is 1.48 bits per heavy atom. The third-order valence-electron chi connectivity index (χ3n) is 6.58. The van der Waals surface area contributed by atoms with Crippen LogP contribution in [0.2, 0.25) is 0 Å². The molecule has 0 heterocycles. The van der Waals surface area contributed by atoms with Crippen LogP contribution in [0.25, 0.3) is 0 Å². The molecule has 0 saturated heterocycles. The Labute approximate surface area is 237 Å². The van der Waals surface area contributed by atoms with Gasteiger partial charge in [0.1, 0.15) is 18.4 Å². The first kappa shape index (κ1) is 30.8. The van der Waals surface area contributed by atoms with Crippen molar-refractivity contribution in [1.82, 2.24) is 10.2 Å². The maximum absolute atomic E-state index is 14.0. The van der Waals surface area contributed by atoms with Crippen LogP contribution in [-0.4, -0.2) is 44.3 Å². The normalized spacial score (nSPS) is 12.2. The Morgan fingerprint density at radius 3 is 2.02 bits per heavy atom. The van der Waals surface area contributed by atoms with Crippen LogP contribution in [0.3, 0.4) is 0 Å². The van der Waals surface area contributed by atoms with E-state index in [1.165, 1.54) is 29.2 Å². The summed E-state index contributed by atoms with van der Waals surface area (Å²) in [5.41, 5.74) is 1.99. The highest BCUT2D eigenvalue weighted by atomic mass is 32.2. The van der Waals surface area contributed by atoms with E-state index in [9.17, 15) is 22.4 Å². The molecule has 0 bridgehead atoms. The van der Waals surface area contributed by atoms with Gasteiger partial charge in [-0.2, -0.15) is 0 Å². The van der Waals surface area contributed by atoms with E-state index >= 15 is 0 Å². The number of aryl methyl sites for hydroxylation is 1. The Hall–Kier alpha value is -3.72. The lowest BCUT2D eigenvalue weighted by Crippen LogP contribution is -2.52. The van der Waals surface area contributed by atoms with Crippen molar-refractivity contribution < 1.29 is 22.4 Å². The molecule has 1 N–H and O–H groups in total. The van der Waals surface area contributed by atoms with E-state index in [1.807, 2.05) is 32.9 Å². The molecular weight excluding hydrogens is 529 g/mol. The molecule has 0 unspecified atom stereocenters. The van der Waals surface area contributed by atoms with Crippen LogP contribution in [0.4, 0.5) is 10.1 Å². The highest BCUT2D eigenvalue weighted by molar-refractivity contribution is 7.92. The molecule has 3 rings (SSSR count). The molecule has 0 fully saturated rings. The summed E-state index contributed by atoms with van der Waals surface area (Å²) in [6.45, 7) is 7.68. The van der Waals surface area contributed by atoms with Gasteiger partial charge in [-0.3, -0.25) is 13.9 Å². The fourth-order valence-electron chi connectivity index (χ4n) is 4.27. The van der Waals surface area contributed by atoms with E-state index in [2.05, 4.69) is 5.32 Å². The second-order valence-corrected chi connectivity index (χ2v) is 11.9. The molecule has 2 amide bonds. The van der Waals surface area contributed by atoms with Crippen LogP contribution in [0, 0.1) is 11.7 Å². The molecular formula is C31H38FN3O4S. The number of anilines is 1. The highest BCUT2D eigenvalue weighted by Crippen LogP contribution is 2.25. The summed E-state index contributed by atoms with van der Waals surface area (Å²) in [5.74, 6) is -1.08. The fourth-order valence-corrected chi connectivity index (χ4v) is 5.71. The van der Waals surface area contributed by atoms with Crippen LogP contribution in [-0.2, 0) is 32.6 Å². The first-order valence-electron chi connectivity index (χ1n) is 13.5. The third-order valence-corrected chi connectivity index (χ3v) is 8.37. The average molecular weight is 568 g/mol. The molecule has 0 aliphatic carbocycles. The van der Waals surface area contributed by atoms with E-state index in [4.69, 9.17) is 0 Å². The zero-order valence-electron chi connectivity index (χ0n) is 23.5. The number of halogens is 1. The van der Waals surface area contributed by atoms with Crippen molar-refractivity contribution in [3.63, 3.8) is 0 Å². The first-order chi connectivity index (χ1) is 19.1. The number of amides is 2. The van der Waals surface area contributed by atoms with Gasteiger partial charge in [0.25, 0.3) is 10.0 Å². The summed E-state index contributed by atoms with van der Waals surface area (Å²) in [5, 5.41) is 2.89. The van der Waals surface area contributed by atoms with E-state index in [1.54, 1.807) is 49.4 Å². The summed E-state index contributed by atoms with van der Waals surface area (Å²) in [6, 6.07) is 19.8. The number of benzene rings is 3. The number of hydrogen-bond acceptors (Lipinski definition) is 4. The minimum atomic E-state index is -4.12. The molecule has 0 saturated carbocycles. The van der Waals surface area contributed by atoms with Gasteiger partial charge in [-0.25, -0.2) is 12.8 Å². The van der Waals surface area contributed by atoms with Crippen molar-refractivity contribution in [2.75, 3.05) is 17.4 Å². The van der Waals surface area contributed by atoms with Crippen molar-refractivity contribution in [1.29, 1.82) is 0 Å². The molecule has 3 aromatic carbocycles. The number of carbonyl (C=O) groups is 2. The molecule has 0 aliphatic heterocycles. The summed E-state index contributed by atoms with van der Waals surface area (Å²) in [7, 11) is -4.12. The zero-order chi connectivity index (χ0) is 29.3. The second-order valence-electron chi connectivity index (χ2n) is 10.1. The number of rotatable bonds is 13. The standard InChI is InChI=1S/C31H38FN3O4S/c1-5-24-14-18-27(19-15-24)35(40(38,39)28-10-8-7-9-11-28)22-30(36)34(21-25-12-16-26(32)17-13-25)29(6-2)31(37)33-20-23(3)4/h7-19,23,29H,5-6,20-22H2,1-4H3,(H,33,37)/t29-/m0/s1. The SMILES string of the molecule is CCc1ccc(N(CC(=O)N(Cc2ccc(F)cc2)[C@@H](CC)C(=O)NCC(C)C)S(=O)(=O)c2ccccc2)cc1. The molecule has 40 heavy (non-hydrogen) atoms. The molecule has 214 valence electrons. The van der Waals surface area contributed by atoms with Crippen LogP contribution in [0.1, 0.15) is 45.2 Å². The van der Waals surface area contributed by atoms with Gasteiger partial charge in [-0.05, 0) is 66.3 Å². The summed E-state index contributed by atoms with van der Waals surface area (Å²) in [4.78, 5) is 28.7. The van der Waals surface area contributed by atoms with E-state index in [0.717, 1.165) is 16.3 Å². The molecule has 3 aromatic rings. The van der Waals surface area contributed by atoms with Crippen molar-refractivity contribution >= 4 is 27.5 Å². The lowest BCUT2D eigenvalue weighted by Gasteiger charge is -2.33. The van der Waals surface area contributed by atoms with Gasteiger partial charge in [0.2, 0.25) is 11.8 Å². The predicted molar refractivity (Wildman–Crippen MR) is 156 cm³/mol. The smallest absolute Gasteiger partial charge is 0.264 e. The minimum Gasteiger partial charge on any atom is -0.354 e. The molecule has 0 spiro atoms. The van der Waals surface area contributed by atoms with Gasteiger partial charge >= 0.3 is 0 Å². The third kappa shape index (κ3) is 7.91. The van der Waals surface area contributed by atoms with Crippen molar-refractivity contribution in [2.24, 2.45) is 5.92 Å². The lowest BCUT2D eigenvalue weighted by molar-refractivity contribution is -0.140. The number of nitrogens with zero attached hydrogens (tertiary/aromatic N) is 2. The van der Waals surface area contributed by atoms with Crippen molar-refractivity contribution in [3.8, 4) is 0 Å². The highest BCUT2D eigenvalue weighted by Gasteiger charge is 2.33. The van der Waals surface area contributed by atoms with Gasteiger partial charge in [0.15, 0.2) is 0 Å². The lowest BCUT2D eigenvalue weighted by atomic mass is 10.1. The largest absolute Gasteiger partial charge is 0.354 e. The number of carbonyl (C=O) groups excluding carboxylic acids is 2. The van der Waals surface area contributed by atoms with Gasteiger partial charge < -0.3 is 10.2 Å². The van der Waals surface area contributed by atoms with Crippen LogP contribution < -0.4 is 9.62 Å². The van der Waals surface area contributed by atoms with Gasteiger partial charge in [-0.1, -0.05) is 70.2 Å². The maximum atomic E-state index is 14.0. The van der Waals surface area contributed by atoms with Crippen LogP contribution in [0.5, 0.6) is 0 Å². The van der Waals surface area contributed by atoms with E-state index in [-0.39, 0.29) is 23.3 Å². The average Bonchev–Trinajstić information content (AvgIpc) is 2.96. The molecule has 1 atom stereocenters. The zero-order valence-corrected chi connectivity index (χ0v) is 24.3.